The third kappa shape index (κ3) is 8.61. The number of ether oxygens (including phenoxy) is 2. The fourth-order valence-electron chi connectivity index (χ4n) is 2.37. The second kappa shape index (κ2) is 12.4. The minimum atomic E-state index is -0.650. The molecule has 2 unspecified atom stereocenters. The number of nitrogens with zero attached hydrogens (tertiary/aromatic N) is 4. The predicted octanol–water partition coefficient (Wildman–Crippen LogP) is 4.12. The van der Waals surface area contributed by atoms with Crippen molar-refractivity contribution in [1.29, 1.82) is 0 Å². The van der Waals surface area contributed by atoms with E-state index in [0.29, 0.717) is 35.6 Å². The Balaban J connectivity index is 1.63. The molecule has 0 aliphatic carbocycles. The highest BCUT2D eigenvalue weighted by molar-refractivity contribution is 6.32. The number of hydrogen-bond acceptors (Lipinski definition) is 8. The van der Waals surface area contributed by atoms with Gasteiger partial charge in [-0.15, -0.1) is 15.3 Å². The molecular formula is C21H30ClN5O3. The largest absolute Gasteiger partial charge is 0.489 e. The fraction of sp³-hybridized carbons (Fsp3) is 0.524. The quantitative estimate of drug-likeness (QED) is 0.486. The van der Waals surface area contributed by atoms with Gasteiger partial charge in [0.05, 0.1) is 17.7 Å². The summed E-state index contributed by atoms with van der Waals surface area (Å²) in [5.74, 6) is 1.47. The van der Waals surface area contributed by atoms with E-state index in [0.717, 1.165) is 12.0 Å². The van der Waals surface area contributed by atoms with Gasteiger partial charge in [-0.3, -0.25) is 0 Å². The second-order valence-electron chi connectivity index (χ2n) is 7.34. The van der Waals surface area contributed by atoms with Crippen molar-refractivity contribution in [2.24, 2.45) is 10.2 Å². The Morgan fingerprint density at radius 3 is 2.63 bits per heavy atom. The van der Waals surface area contributed by atoms with E-state index >= 15 is 0 Å². The molecule has 2 aromatic rings. The van der Waals surface area contributed by atoms with Crippen LogP contribution in [0.2, 0.25) is 5.02 Å². The average molecular weight is 436 g/mol. The lowest BCUT2D eigenvalue weighted by Crippen LogP contribution is -2.37. The van der Waals surface area contributed by atoms with E-state index in [2.05, 4.69) is 25.7 Å². The summed E-state index contributed by atoms with van der Waals surface area (Å²) in [6.45, 7) is 8.85. The first-order valence-electron chi connectivity index (χ1n) is 10.0. The number of halogens is 1. The molecule has 8 nitrogen and oxygen atoms in total. The first-order chi connectivity index (χ1) is 14.3. The summed E-state index contributed by atoms with van der Waals surface area (Å²) in [6.07, 6.45) is 0.0942. The van der Waals surface area contributed by atoms with Crippen LogP contribution < -0.4 is 14.8 Å². The minimum absolute atomic E-state index is 0.113. The van der Waals surface area contributed by atoms with Gasteiger partial charge in [0, 0.05) is 18.7 Å². The highest BCUT2D eigenvalue weighted by Crippen LogP contribution is 2.27. The lowest BCUT2D eigenvalue weighted by Gasteiger charge is -2.18. The van der Waals surface area contributed by atoms with E-state index in [-0.39, 0.29) is 18.7 Å². The normalized spacial score (nSPS) is 13.6. The van der Waals surface area contributed by atoms with E-state index in [4.69, 9.17) is 21.1 Å². The lowest BCUT2D eigenvalue weighted by atomic mass is 10.2. The predicted molar refractivity (Wildman–Crippen MR) is 117 cm³/mol. The first-order valence-corrected chi connectivity index (χ1v) is 10.4. The number of aryl methyl sites for hydroxylation is 1. The van der Waals surface area contributed by atoms with Crippen molar-refractivity contribution in [3.63, 3.8) is 0 Å². The summed E-state index contributed by atoms with van der Waals surface area (Å²) < 4.78 is 11.2. The standard InChI is InChI=1S/C21H30ClN5O3/c1-14(2)24-25-19-8-9-20(27-26-19)29-11-10-16(4)23-12-17(28)13-30-18-7-5-6-15(3)21(18)22/h5-9,14,16-17,23,28H,10-13H2,1-4H3. The Labute approximate surface area is 182 Å². The molecule has 1 aromatic heterocycles. The maximum absolute atomic E-state index is 10.1. The summed E-state index contributed by atoms with van der Waals surface area (Å²) in [7, 11) is 0. The van der Waals surface area contributed by atoms with Crippen LogP contribution in [0.3, 0.4) is 0 Å². The Morgan fingerprint density at radius 2 is 1.93 bits per heavy atom. The van der Waals surface area contributed by atoms with Crippen LogP contribution in [0, 0.1) is 6.92 Å². The summed E-state index contributed by atoms with van der Waals surface area (Å²) >= 11 is 6.19. The lowest BCUT2D eigenvalue weighted by molar-refractivity contribution is 0.103. The second-order valence-corrected chi connectivity index (χ2v) is 7.72. The molecular weight excluding hydrogens is 406 g/mol. The number of rotatable bonds is 12. The van der Waals surface area contributed by atoms with Crippen LogP contribution >= 0.6 is 11.6 Å². The smallest absolute Gasteiger partial charge is 0.233 e. The molecule has 2 rings (SSSR count). The monoisotopic (exact) mass is 435 g/mol. The Hall–Kier alpha value is -2.29. The van der Waals surface area contributed by atoms with Gasteiger partial charge in [-0.25, -0.2) is 0 Å². The van der Waals surface area contributed by atoms with Crippen LogP contribution in [0.4, 0.5) is 5.82 Å². The maximum atomic E-state index is 10.1. The van der Waals surface area contributed by atoms with Crippen molar-refractivity contribution >= 4 is 17.4 Å². The van der Waals surface area contributed by atoms with E-state index in [1.54, 1.807) is 18.2 Å². The van der Waals surface area contributed by atoms with Gasteiger partial charge in [-0.1, -0.05) is 23.7 Å². The van der Waals surface area contributed by atoms with E-state index in [9.17, 15) is 5.11 Å². The van der Waals surface area contributed by atoms with Crippen LogP contribution in [-0.2, 0) is 0 Å². The summed E-state index contributed by atoms with van der Waals surface area (Å²) in [4.78, 5) is 0. The summed E-state index contributed by atoms with van der Waals surface area (Å²) in [6, 6.07) is 9.27. The number of aliphatic hydroxyl groups excluding tert-OH is 1. The van der Waals surface area contributed by atoms with Gasteiger partial charge >= 0.3 is 0 Å². The molecule has 0 radical (unpaired) electrons. The van der Waals surface area contributed by atoms with Crippen LogP contribution in [0.5, 0.6) is 11.6 Å². The van der Waals surface area contributed by atoms with Gasteiger partial charge in [-0.2, -0.15) is 5.11 Å². The van der Waals surface area contributed by atoms with Gasteiger partial charge in [0.15, 0.2) is 5.82 Å². The molecule has 0 fully saturated rings. The molecule has 0 aliphatic heterocycles. The molecule has 0 amide bonds. The molecule has 164 valence electrons. The van der Waals surface area contributed by atoms with Crippen molar-refractivity contribution in [2.75, 3.05) is 19.8 Å². The highest BCUT2D eigenvalue weighted by Gasteiger charge is 2.11. The zero-order chi connectivity index (χ0) is 21.9. The van der Waals surface area contributed by atoms with Crippen molar-refractivity contribution in [3.8, 4) is 11.6 Å². The molecule has 0 saturated heterocycles. The molecule has 1 heterocycles. The van der Waals surface area contributed by atoms with Gasteiger partial charge in [0.25, 0.3) is 0 Å². The van der Waals surface area contributed by atoms with Gasteiger partial charge in [-0.05, 0) is 51.8 Å². The third-order valence-electron chi connectivity index (χ3n) is 4.11. The zero-order valence-electron chi connectivity index (χ0n) is 17.9. The Bertz CT molecular complexity index is 802. The summed E-state index contributed by atoms with van der Waals surface area (Å²) in [5, 5.41) is 29.9. The summed E-state index contributed by atoms with van der Waals surface area (Å²) in [5.41, 5.74) is 0.940. The number of hydrogen-bond donors (Lipinski definition) is 2. The number of benzene rings is 1. The number of aliphatic hydroxyl groups is 1. The topological polar surface area (TPSA) is 101 Å². The van der Waals surface area contributed by atoms with E-state index in [1.807, 2.05) is 39.8 Å². The SMILES string of the molecule is Cc1cccc(OCC(O)CNC(C)CCOc2ccc(N=NC(C)C)nn2)c1Cl. The molecule has 0 bridgehead atoms. The van der Waals surface area contributed by atoms with E-state index in [1.165, 1.54) is 0 Å². The Kier molecular flexibility index (Phi) is 9.93. The molecule has 1 aromatic carbocycles. The number of azo groups is 1. The van der Waals surface area contributed by atoms with Crippen LogP contribution in [0.15, 0.2) is 40.6 Å². The van der Waals surface area contributed by atoms with Crippen molar-refractivity contribution in [3.05, 3.63) is 40.9 Å². The van der Waals surface area contributed by atoms with Crippen LogP contribution in [0.25, 0.3) is 0 Å². The van der Waals surface area contributed by atoms with Gasteiger partial charge in [0.2, 0.25) is 5.88 Å². The van der Waals surface area contributed by atoms with Crippen LogP contribution in [-0.4, -0.2) is 53.3 Å². The molecule has 0 aliphatic rings. The van der Waals surface area contributed by atoms with Crippen molar-refractivity contribution < 1.29 is 14.6 Å². The number of nitrogens with one attached hydrogen (secondary N) is 1. The Morgan fingerprint density at radius 1 is 1.13 bits per heavy atom. The van der Waals surface area contributed by atoms with Crippen LogP contribution in [0.1, 0.15) is 32.8 Å². The average Bonchev–Trinajstić information content (AvgIpc) is 2.72. The molecule has 9 heteroatoms. The number of aromatic nitrogens is 2. The molecule has 2 N–H and O–H groups in total. The van der Waals surface area contributed by atoms with Crippen molar-refractivity contribution in [2.45, 2.75) is 52.3 Å². The minimum Gasteiger partial charge on any atom is -0.489 e. The molecule has 0 saturated carbocycles. The molecule has 0 spiro atoms. The van der Waals surface area contributed by atoms with Gasteiger partial charge in [0.1, 0.15) is 18.5 Å². The fourth-order valence-corrected chi connectivity index (χ4v) is 2.55. The molecule has 30 heavy (non-hydrogen) atoms. The molecule has 2 atom stereocenters. The first kappa shape index (κ1) is 24.0. The third-order valence-corrected chi connectivity index (χ3v) is 4.59. The highest BCUT2D eigenvalue weighted by atomic mass is 35.5. The van der Waals surface area contributed by atoms with Gasteiger partial charge < -0.3 is 19.9 Å². The van der Waals surface area contributed by atoms with E-state index < -0.39 is 6.10 Å². The van der Waals surface area contributed by atoms with Crippen molar-refractivity contribution in [1.82, 2.24) is 15.5 Å². The maximum Gasteiger partial charge on any atom is 0.233 e. The zero-order valence-corrected chi connectivity index (χ0v) is 18.6.